The standard InChI is InChI=1S/C53H47N4.CN.Pt/c1-52(2)29-30-53(3,4)46-33-39(27-28-45(46)52)40-31-43(37-17-8-6-9-18-37)51(44(32-40)38-19-10-7-11-20-38)57-36-56(49-25-14-15-26-50(49)57)42-22-16-21-41(34-42)55-35-54(5)47-23-12-13-24-48(47)55;1-2;/h6-28,31-33,35-36H,29-30H2,1-5H3;;/q-3;-1;+4. The van der Waals surface area contributed by atoms with E-state index < -0.39 is 0 Å². The fourth-order valence-electron chi connectivity index (χ4n) is 9.17. The first-order chi connectivity index (χ1) is 28.7. The van der Waals surface area contributed by atoms with Crippen LogP contribution in [0.2, 0.25) is 0 Å². The molecule has 7 aromatic carbocycles. The van der Waals surface area contributed by atoms with Crippen molar-refractivity contribution >= 4 is 39.8 Å². The molecule has 6 heteroatoms. The van der Waals surface area contributed by atoms with E-state index in [4.69, 9.17) is 11.8 Å². The van der Waals surface area contributed by atoms with Gasteiger partial charge in [0.05, 0.1) is 0 Å². The Bertz CT molecular complexity index is 2620. The molecular formula is C54H47N5Pt. The molecule has 0 bridgehead atoms. The van der Waals surface area contributed by atoms with Gasteiger partial charge in [0.1, 0.15) is 0 Å². The first-order valence-corrected chi connectivity index (χ1v) is 20.3. The topological polar surface area (TPSA) is 36.8 Å². The molecule has 10 rings (SSSR count). The Morgan fingerprint density at radius 2 is 0.950 bits per heavy atom. The SMILES string of the molecule is CN1[CH-]N(c2[c-]c(N3[CH-]N(c4c(-c5ccccc5)cc(-c5ccc6c(c5)C(C)(C)CCC6(C)C)cc4-c4ccccc4)c4ccccc43)ccc2)c2ccccc21.[C-]#N.[Pt+4]. The average molecular weight is 961 g/mol. The van der Waals surface area contributed by atoms with E-state index in [9.17, 15) is 0 Å². The maximum atomic E-state index is 6.25. The second-order valence-electron chi connectivity index (χ2n) is 17.0. The minimum Gasteiger partial charge on any atom is -0.512 e. The molecule has 1 aliphatic carbocycles. The van der Waals surface area contributed by atoms with E-state index in [2.05, 4.69) is 231 Å². The van der Waals surface area contributed by atoms with E-state index in [1.54, 1.807) is 0 Å². The number of para-hydroxylation sites is 4. The number of hydrogen-bond donors (Lipinski definition) is 0. The van der Waals surface area contributed by atoms with Crippen molar-refractivity contribution in [2.24, 2.45) is 0 Å². The van der Waals surface area contributed by atoms with E-state index in [0.29, 0.717) is 0 Å². The second kappa shape index (κ2) is 16.2. The summed E-state index contributed by atoms with van der Waals surface area (Å²) in [5.41, 5.74) is 18.1. The van der Waals surface area contributed by atoms with Gasteiger partial charge in [-0.2, -0.15) is 12.7 Å². The van der Waals surface area contributed by atoms with Gasteiger partial charge in [-0.15, -0.1) is 36.2 Å². The summed E-state index contributed by atoms with van der Waals surface area (Å²) in [7, 11) is 2.10. The number of hydrogen-bond acceptors (Lipinski definition) is 5. The van der Waals surface area contributed by atoms with Crippen LogP contribution >= 0.6 is 0 Å². The Morgan fingerprint density at radius 1 is 0.483 bits per heavy atom. The first-order valence-electron chi connectivity index (χ1n) is 20.3. The third-order valence-electron chi connectivity index (χ3n) is 12.4. The van der Waals surface area contributed by atoms with Crippen molar-refractivity contribution < 1.29 is 21.1 Å². The predicted octanol–water partition coefficient (Wildman–Crippen LogP) is 14.0. The van der Waals surface area contributed by atoms with Crippen LogP contribution in [-0.4, -0.2) is 7.05 Å². The molecule has 0 atom stereocenters. The van der Waals surface area contributed by atoms with Gasteiger partial charge in [0.2, 0.25) is 0 Å². The smallest absolute Gasteiger partial charge is 0.512 e. The van der Waals surface area contributed by atoms with E-state index >= 15 is 0 Å². The molecule has 7 aromatic rings. The molecule has 60 heavy (non-hydrogen) atoms. The normalized spacial score (nSPS) is 15.6. The molecule has 0 aromatic heterocycles. The molecule has 0 unspecified atom stereocenters. The quantitative estimate of drug-likeness (QED) is 0.155. The van der Waals surface area contributed by atoms with Crippen molar-refractivity contribution in [2.45, 2.75) is 51.4 Å². The van der Waals surface area contributed by atoms with E-state index in [1.807, 2.05) is 0 Å². The van der Waals surface area contributed by atoms with E-state index in [-0.39, 0.29) is 31.9 Å². The monoisotopic (exact) mass is 960 g/mol. The first kappa shape index (κ1) is 40.7. The minimum absolute atomic E-state index is 0. The number of rotatable bonds is 6. The Kier molecular flexibility index (Phi) is 11.0. The summed E-state index contributed by atoms with van der Waals surface area (Å²) in [6.45, 7) is 18.8. The molecule has 5 nitrogen and oxygen atoms in total. The largest absolute Gasteiger partial charge is 4.00 e. The molecule has 3 aliphatic rings. The summed E-state index contributed by atoms with van der Waals surface area (Å²) in [6, 6.07) is 61.3. The van der Waals surface area contributed by atoms with Gasteiger partial charge in [0.15, 0.2) is 0 Å². The predicted molar refractivity (Wildman–Crippen MR) is 245 cm³/mol. The summed E-state index contributed by atoms with van der Waals surface area (Å²) in [4.78, 5) is 9.07. The molecule has 2 aliphatic heterocycles. The second-order valence-corrected chi connectivity index (χ2v) is 17.0. The average Bonchev–Trinajstić information content (AvgIpc) is 3.84. The van der Waals surface area contributed by atoms with Gasteiger partial charge >= 0.3 is 21.1 Å². The van der Waals surface area contributed by atoms with Crippen LogP contribution in [0.3, 0.4) is 0 Å². The molecule has 0 saturated heterocycles. The van der Waals surface area contributed by atoms with Crippen LogP contribution < -0.4 is 19.6 Å². The van der Waals surface area contributed by atoms with Crippen LogP contribution in [0.25, 0.3) is 33.4 Å². The molecule has 0 saturated carbocycles. The van der Waals surface area contributed by atoms with Gasteiger partial charge in [-0.05, 0) is 100 Å². The summed E-state index contributed by atoms with van der Waals surface area (Å²) >= 11 is 0. The Balaban J connectivity index is 0.00000164. The van der Waals surface area contributed by atoms with Gasteiger partial charge in [0.25, 0.3) is 0 Å². The third kappa shape index (κ3) is 7.08. The zero-order valence-corrected chi connectivity index (χ0v) is 36.9. The number of benzene rings is 7. The number of anilines is 7. The zero-order valence-electron chi connectivity index (χ0n) is 34.6. The molecule has 0 fully saturated rings. The van der Waals surface area contributed by atoms with Crippen LogP contribution in [0.4, 0.5) is 39.8 Å². The van der Waals surface area contributed by atoms with Gasteiger partial charge in [-0.3, -0.25) is 0 Å². The zero-order chi connectivity index (χ0) is 40.9. The summed E-state index contributed by atoms with van der Waals surface area (Å²) in [5.74, 6) is 0. The van der Waals surface area contributed by atoms with Gasteiger partial charge in [-0.25, -0.2) is 0 Å². The summed E-state index contributed by atoms with van der Waals surface area (Å²) in [5, 5.41) is 6.25. The molecule has 0 amide bonds. The molecule has 298 valence electrons. The fraction of sp³-hybridized carbons (Fsp3) is 0.167. The molecule has 0 N–H and O–H groups in total. The van der Waals surface area contributed by atoms with Gasteiger partial charge in [0, 0.05) is 39.6 Å². The Labute approximate surface area is 370 Å². The third-order valence-corrected chi connectivity index (χ3v) is 12.4. The van der Waals surface area contributed by atoms with Crippen molar-refractivity contribution in [3.05, 3.63) is 195 Å². The van der Waals surface area contributed by atoms with E-state index in [1.165, 1.54) is 63.0 Å². The van der Waals surface area contributed by atoms with Crippen LogP contribution in [0.5, 0.6) is 0 Å². The van der Waals surface area contributed by atoms with Crippen molar-refractivity contribution in [3.8, 4) is 33.4 Å². The maximum absolute atomic E-state index is 6.25. The Hall–Kier alpha value is -6.08. The molecule has 0 spiro atoms. The number of nitrogens with zero attached hydrogens (tertiary/aromatic N) is 5. The maximum Gasteiger partial charge on any atom is 4.00 e. The summed E-state index contributed by atoms with van der Waals surface area (Å²) < 4.78 is 0. The molecule has 2 heterocycles. The van der Waals surface area contributed by atoms with Crippen molar-refractivity contribution in [2.75, 3.05) is 26.6 Å². The Morgan fingerprint density at radius 3 is 1.52 bits per heavy atom. The summed E-state index contributed by atoms with van der Waals surface area (Å²) in [6.07, 6.45) is 2.38. The van der Waals surface area contributed by atoms with E-state index in [0.717, 1.165) is 34.1 Å². The van der Waals surface area contributed by atoms with Gasteiger partial charge in [-0.1, -0.05) is 131 Å². The number of fused-ring (bicyclic) bond motifs is 3. The molecular weight excluding hydrogens is 914 g/mol. The van der Waals surface area contributed by atoms with Crippen molar-refractivity contribution in [1.29, 1.82) is 5.26 Å². The minimum atomic E-state index is 0. The van der Waals surface area contributed by atoms with Crippen molar-refractivity contribution in [1.82, 2.24) is 0 Å². The molecule has 0 radical (unpaired) electrons. The van der Waals surface area contributed by atoms with Gasteiger partial charge < -0.3 is 31.4 Å². The van der Waals surface area contributed by atoms with Crippen LogP contribution in [0.15, 0.2) is 158 Å². The van der Waals surface area contributed by atoms with Crippen LogP contribution in [0.1, 0.15) is 51.7 Å². The van der Waals surface area contributed by atoms with Crippen LogP contribution in [-0.2, 0) is 31.9 Å². The van der Waals surface area contributed by atoms with Crippen molar-refractivity contribution in [3.63, 3.8) is 0 Å². The fourth-order valence-corrected chi connectivity index (χ4v) is 9.17. The van der Waals surface area contributed by atoms with Crippen LogP contribution in [0, 0.1) is 31.2 Å².